The summed E-state index contributed by atoms with van der Waals surface area (Å²) in [6.07, 6.45) is 1.51. The van der Waals surface area contributed by atoms with Gasteiger partial charge < -0.3 is 15.1 Å². The minimum absolute atomic E-state index is 0.0742. The van der Waals surface area contributed by atoms with Gasteiger partial charge in [0.2, 0.25) is 5.91 Å². The Bertz CT molecular complexity index is 1500. The molecule has 9 heteroatoms. The van der Waals surface area contributed by atoms with E-state index in [4.69, 9.17) is 4.42 Å². The summed E-state index contributed by atoms with van der Waals surface area (Å²) in [7, 11) is -4.05. The third-order valence-corrected chi connectivity index (χ3v) is 7.42. The number of aryl methyl sites for hydroxylation is 2. The smallest absolute Gasteiger partial charge is 0.264 e. The number of carbonyl (C=O) groups excluding carboxylic acids is 2. The Balaban J connectivity index is 1.57. The number of anilines is 2. The molecule has 0 spiro atoms. The second-order valence-electron chi connectivity index (χ2n) is 8.52. The van der Waals surface area contributed by atoms with E-state index in [0.29, 0.717) is 11.4 Å². The second kappa shape index (κ2) is 11.1. The molecular weight excluding hydrogens is 490 g/mol. The summed E-state index contributed by atoms with van der Waals surface area (Å²) < 4.78 is 33.5. The predicted octanol–water partition coefficient (Wildman–Crippen LogP) is 4.66. The molecule has 0 saturated heterocycles. The van der Waals surface area contributed by atoms with E-state index >= 15 is 0 Å². The van der Waals surface area contributed by atoms with Crippen LogP contribution in [0.2, 0.25) is 0 Å². The number of rotatable bonds is 9. The quantitative estimate of drug-likeness (QED) is 0.336. The summed E-state index contributed by atoms with van der Waals surface area (Å²) in [6, 6.07) is 23.4. The van der Waals surface area contributed by atoms with E-state index in [-0.39, 0.29) is 22.7 Å². The lowest BCUT2D eigenvalue weighted by molar-refractivity contribution is -0.114. The number of hydrogen-bond acceptors (Lipinski definition) is 5. The van der Waals surface area contributed by atoms with Crippen LogP contribution in [0.15, 0.2) is 101 Å². The van der Waals surface area contributed by atoms with Crippen LogP contribution < -0.4 is 14.9 Å². The van der Waals surface area contributed by atoms with Crippen molar-refractivity contribution < 1.29 is 22.4 Å². The summed E-state index contributed by atoms with van der Waals surface area (Å²) in [4.78, 5) is 26.0. The van der Waals surface area contributed by atoms with Crippen LogP contribution in [-0.2, 0) is 21.4 Å². The molecule has 4 aromatic rings. The highest BCUT2D eigenvalue weighted by atomic mass is 32.2. The molecule has 190 valence electrons. The molecule has 2 N–H and O–H groups in total. The van der Waals surface area contributed by atoms with Crippen molar-refractivity contribution >= 4 is 33.2 Å². The summed E-state index contributed by atoms with van der Waals surface area (Å²) in [6.45, 7) is 3.41. The molecule has 0 radical (unpaired) electrons. The first kappa shape index (κ1) is 25.7. The number of furan rings is 1. The van der Waals surface area contributed by atoms with Gasteiger partial charge in [0.15, 0.2) is 0 Å². The largest absolute Gasteiger partial charge is 0.467 e. The van der Waals surface area contributed by atoms with Gasteiger partial charge in [0.25, 0.3) is 15.9 Å². The molecule has 37 heavy (non-hydrogen) atoms. The lowest BCUT2D eigenvalue weighted by Crippen LogP contribution is -2.38. The lowest BCUT2D eigenvalue weighted by Gasteiger charge is -2.24. The summed E-state index contributed by atoms with van der Waals surface area (Å²) in [5.74, 6) is -0.413. The zero-order chi connectivity index (χ0) is 26.4. The maximum atomic E-state index is 13.6. The molecular formula is C28H27N3O5S. The third-order valence-electron chi connectivity index (χ3n) is 5.63. The molecule has 8 nitrogen and oxygen atoms in total. The van der Waals surface area contributed by atoms with Crippen LogP contribution in [0, 0.1) is 13.8 Å². The molecule has 0 aliphatic carbocycles. The first-order chi connectivity index (χ1) is 17.7. The molecule has 2 amide bonds. The van der Waals surface area contributed by atoms with Crippen LogP contribution in [0.3, 0.4) is 0 Å². The van der Waals surface area contributed by atoms with E-state index in [0.717, 1.165) is 15.4 Å². The number of sulfonamides is 1. The molecule has 0 bridgehead atoms. The highest BCUT2D eigenvalue weighted by molar-refractivity contribution is 7.92. The van der Waals surface area contributed by atoms with E-state index in [1.807, 2.05) is 19.9 Å². The van der Waals surface area contributed by atoms with Crippen molar-refractivity contribution in [3.8, 4) is 0 Å². The van der Waals surface area contributed by atoms with E-state index < -0.39 is 28.4 Å². The fourth-order valence-corrected chi connectivity index (χ4v) is 5.13. The Labute approximate surface area is 216 Å². The maximum absolute atomic E-state index is 13.6. The first-order valence-corrected chi connectivity index (χ1v) is 13.0. The van der Waals surface area contributed by atoms with Crippen molar-refractivity contribution in [1.82, 2.24) is 5.32 Å². The molecule has 0 atom stereocenters. The van der Waals surface area contributed by atoms with E-state index in [1.54, 1.807) is 66.7 Å². The fraction of sp³-hybridized carbons (Fsp3) is 0.143. The SMILES string of the molecule is Cc1ccc(S(=O)(=O)N(CC(=O)Nc2ccccc2C(=O)NCc2ccco2)c2cccc(C)c2)cc1. The van der Waals surface area contributed by atoms with Gasteiger partial charge in [-0.05, 0) is 67.9 Å². The average molecular weight is 518 g/mol. The molecule has 0 fully saturated rings. The van der Waals surface area contributed by atoms with Gasteiger partial charge >= 0.3 is 0 Å². The van der Waals surface area contributed by atoms with E-state index in [2.05, 4.69) is 10.6 Å². The van der Waals surface area contributed by atoms with Gasteiger partial charge in [-0.15, -0.1) is 0 Å². The van der Waals surface area contributed by atoms with E-state index in [9.17, 15) is 18.0 Å². The number of nitrogens with zero attached hydrogens (tertiary/aromatic N) is 1. The number of benzene rings is 3. The minimum atomic E-state index is -4.05. The van der Waals surface area contributed by atoms with Gasteiger partial charge in [-0.2, -0.15) is 0 Å². The molecule has 1 aromatic heterocycles. The Morgan fingerprint density at radius 1 is 0.865 bits per heavy atom. The van der Waals surface area contributed by atoms with Crippen LogP contribution in [0.1, 0.15) is 27.2 Å². The molecule has 0 unspecified atom stereocenters. The Morgan fingerprint density at radius 2 is 1.62 bits per heavy atom. The van der Waals surface area contributed by atoms with Crippen LogP contribution in [-0.4, -0.2) is 26.8 Å². The molecule has 0 aliphatic rings. The Kier molecular flexibility index (Phi) is 7.74. The Morgan fingerprint density at radius 3 is 2.32 bits per heavy atom. The zero-order valence-electron chi connectivity index (χ0n) is 20.5. The van der Waals surface area contributed by atoms with Crippen molar-refractivity contribution in [3.63, 3.8) is 0 Å². The van der Waals surface area contributed by atoms with Crippen LogP contribution in [0.4, 0.5) is 11.4 Å². The van der Waals surface area contributed by atoms with Crippen LogP contribution in [0.25, 0.3) is 0 Å². The monoisotopic (exact) mass is 517 g/mol. The average Bonchev–Trinajstić information content (AvgIpc) is 3.40. The van der Waals surface area contributed by atoms with Gasteiger partial charge in [0.05, 0.1) is 34.6 Å². The van der Waals surface area contributed by atoms with Gasteiger partial charge in [-0.1, -0.05) is 42.0 Å². The molecule has 1 heterocycles. The van der Waals surface area contributed by atoms with Crippen LogP contribution >= 0.6 is 0 Å². The minimum Gasteiger partial charge on any atom is -0.467 e. The molecule has 0 aliphatic heterocycles. The predicted molar refractivity (Wildman–Crippen MR) is 142 cm³/mol. The normalized spacial score (nSPS) is 11.1. The van der Waals surface area contributed by atoms with Crippen molar-refractivity contribution in [2.24, 2.45) is 0 Å². The van der Waals surface area contributed by atoms with Gasteiger partial charge in [-0.3, -0.25) is 13.9 Å². The summed E-state index contributed by atoms with van der Waals surface area (Å²) in [5, 5.41) is 5.45. The molecule has 3 aromatic carbocycles. The zero-order valence-corrected chi connectivity index (χ0v) is 21.3. The van der Waals surface area contributed by atoms with Gasteiger partial charge in [-0.25, -0.2) is 8.42 Å². The van der Waals surface area contributed by atoms with Crippen molar-refractivity contribution in [1.29, 1.82) is 0 Å². The fourth-order valence-electron chi connectivity index (χ4n) is 3.72. The van der Waals surface area contributed by atoms with Crippen molar-refractivity contribution in [2.45, 2.75) is 25.3 Å². The maximum Gasteiger partial charge on any atom is 0.264 e. The number of hydrogen-bond donors (Lipinski definition) is 2. The second-order valence-corrected chi connectivity index (χ2v) is 10.4. The van der Waals surface area contributed by atoms with Gasteiger partial charge in [0.1, 0.15) is 12.3 Å². The Hall–Kier alpha value is -4.37. The molecule has 0 saturated carbocycles. The summed E-state index contributed by atoms with van der Waals surface area (Å²) in [5.41, 5.74) is 2.63. The first-order valence-electron chi connectivity index (χ1n) is 11.6. The van der Waals surface area contributed by atoms with Crippen LogP contribution in [0.5, 0.6) is 0 Å². The number of amides is 2. The number of para-hydroxylation sites is 1. The number of nitrogens with one attached hydrogen (secondary N) is 2. The standard InChI is InChI=1S/C28H27N3O5S/c1-20-12-14-24(15-13-20)37(34,35)31(22-8-5-7-21(2)17-22)19-27(32)30-26-11-4-3-10-25(26)28(33)29-18-23-9-6-16-36-23/h3-17H,18-19H2,1-2H3,(H,29,33)(H,30,32). The van der Waals surface area contributed by atoms with Crippen molar-refractivity contribution in [3.05, 3.63) is 114 Å². The van der Waals surface area contributed by atoms with Crippen molar-refractivity contribution in [2.75, 3.05) is 16.2 Å². The topological polar surface area (TPSA) is 109 Å². The number of carbonyl (C=O) groups is 2. The highest BCUT2D eigenvalue weighted by Crippen LogP contribution is 2.25. The highest BCUT2D eigenvalue weighted by Gasteiger charge is 2.28. The third kappa shape index (κ3) is 6.25. The summed E-state index contributed by atoms with van der Waals surface area (Å²) >= 11 is 0. The van der Waals surface area contributed by atoms with E-state index in [1.165, 1.54) is 18.4 Å². The molecule has 4 rings (SSSR count). The van der Waals surface area contributed by atoms with Gasteiger partial charge in [0, 0.05) is 0 Å². The lowest BCUT2D eigenvalue weighted by atomic mass is 10.1.